The molecule has 0 radical (unpaired) electrons. The third-order valence-corrected chi connectivity index (χ3v) is 6.09. The van der Waals surface area contributed by atoms with Gasteiger partial charge >= 0.3 is 0 Å². The van der Waals surface area contributed by atoms with Gasteiger partial charge in [0.1, 0.15) is 0 Å². The van der Waals surface area contributed by atoms with E-state index in [1.165, 1.54) is 5.56 Å². The number of carbonyl (C=O) groups excluding carboxylic acids is 1. The number of likely N-dealkylation sites (tertiary alicyclic amines) is 1. The molecule has 2 atom stereocenters. The van der Waals surface area contributed by atoms with Crippen LogP contribution in [0.15, 0.2) is 60.7 Å². The lowest BCUT2D eigenvalue weighted by molar-refractivity contribution is -0.129. The largest absolute Gasteiger partial charge is 0.341 e. The summed E-state index contributed by atoms with van der Waals surface area (Å²) in [5.41, 5.74) is 11.3. The summed E-state index contributed by atoms with van der Waals surface area (Å²) < 4.78 is 1.93. The Morgan fingerprint density at radius 3 is 2.34 bits per heavy atom. The van der Waals surface area contributed by atoms with Crippen LogP contribution in [0.25, 0.3) is 5.69 Å². The average Bonchev–Trinajstić information content (AvgIpc) is 3.32. The van der Waals surface area contributed by atoms with E-state index in [-0.39, 0.29) is 5.91 Å². The fourth-order valence-corrected chi connectivity index (χ4v) is 4.41. The molecule has 4 rings (SSSR count). The molecule has 1 aliphatic rings. The van der Waals surface area contributed by atoms with E-state index in [9.17, 15) is 4.79 Å². The van der Waals surface area contributed by atoms with Gasteiger partial charge in [0.05, 0.1) is 17.8 Å². The molecule has 3 aromatic rings. The van der Waals surface area contributed by atoms with Gasteiger partial charge in [-0.3, -0.25) is 4.79 Å². The number of carbonyl (C=O) groups is 1. The highest BCUT2D eigenvalue weighted by atomic mass is 16.2. The smallest absolute Gasteiger partial charge is 0.227 e. The van der Waals surface area contributed by atoms with Gasteiger partial charge in [-0.25, -0.2) is 4.68 Å². The number of aromatic nitrogens is 2. The lowest BCUT2D eigenvalue weighted by Gasteiger charge is -2.17. The Labute approximate surface area is 172 Å². The van der Waals surface area contributed by atoms with Crippen molar-refractivity contribution in [2.75, 3.05) is 19.6 Å². The Hall–Kier alpha value is -2.92. The summed E-state index contributed by atoms with van der Waals surface area (Å²) in [7, 11) is 0. The van der Waals surface area contributed by atoms with Crippen LogP contribution >= 0.6 is 0 Å². The molecular weight excluding hydrogens is 360 g/mol. The summed E-state index contributed by atoms with van der Waals surface area (Å²) in [5.74, 6) is 0.760. The highest BCUT2D eigenvalue weighted by Crippen LogP contribution is 2.32. The van der Waals surface area contributed by atoms with Crippen molar-refractivity contribution in [2.24, 2.45) is 11.7 Å². The molecule has 2 heterocycles. The zero-order chi connectivity index (χ0) is 20.4. The second-order valence-corrected chi connectivity index (χ2v) is 7.89. The third-order valence-electron chi connectivity index (χ3n) is 6.09. The Kier molecular flexibility index (Phi) is 5.49. The molecule has 1 amide bonds. The zero-order valence-electron chi connectivity index (χ0n) is 17.1. The van der Waals surface area contributed by atoms with E-state index in [1.54, 1.807) is 0 Å². The first-order chi connectivity index (χ1) is 14.1. The first kappa shape index (κ1) is 19.4. The van der Waals surface area contributed by atoms with Crippen LogP contribution in [0, 0.1) is 19.8 Å². The van der Waals surface area contributed by atoms with Crippen LogP contribution in [-0.2, 0) is 11.2 Å². The summed E-state index contributed by atoms with van der Waals surface area (Å²) in [6.07, 6.45) is 0.378. The molecule has 0 bridgehead atoms. The van der Waals surface area contributed by atoms with E-state index in [0.29, 0.717) is 24.8 Å². The van der Waals surface area contributed by atoms with Crippen molar-refractivity contribution in [1.82, 2.24) is 14.7 Å². The normalized spacial score (nSPS) is 18.9. The van der Waals surface area contributed by atoms with Crippen molar-refractivity contribution in [3.8, 4) is 5.69 Å². The Bertz CT molecular complexity index is 981. The number of amides is 1. The summed E-state index contributed by atoms with van der Waals surface area (Å²) in [5, 5.41) is 4.68. The molecule has 1 saturated heterocycles. The number of nitrogens with two attached hydrogens (primary N) is 1. The van der Waals surface area contributed by atoms with Crippen LogP contribution in [0.2, 0.25) is 0 Å². The van der Waals surface area contributed by atoms with Crippen molar-refractivity contribution in [2.45, 2.75) is 26.2 Å². The van der Waals surface area contributed by atoms with Crippen LogP contribution < -0.4 is 5.73 Å². The van der Waals surface area contributed by atoms with Gasteiger partial charge in [-0.2, -0.15) is 5.10 Å². The van der Waals surface area contributed by atoms with E-state index in [1.807, 2.05) is 59.8 Å². The summed E-state index contributed by atoms with van der Waals surface area (Å²) in [4.78, 5) is 15.1. The topological polar surface area (TPSA) is 64.2 Å². The number of hydrogen-bond acceptors (Lipinski definition) is 3. The minimum absolute atomic E-state index is 0.153. The predicted octanol–water partition coefficient (Wildman–Crippen LogP) is 3.23. The SMILES string of the molecule is Cc1nn(-c2ccccc2)c(C)c1CC(=O)N1C[C@@H](CN)[C@H](c2ccccc2)C1. The quantitative estimate of drug-likeness (QED) is 0.730. The molecule has 2 aromatic carbocycles. The Balaban J connectivity index is 1.52. The minimum Gasteiger partial charge on any atom is -0.341 e. The molecule has 0 saturated carbocycles. The molecule has 5 heteroatoms. The molecule has 1 aliphatic heterocycles. The van der Waals surface area contributed by atoms with Gasteiger partial charge in [-0.05, 0) is 44.0 Å². The maximum atomic E-state index is 13.2. The van der Waals surface area contributed by atoms with Gasteiger partial charge in [0, 0.05) is 30.3 Å². The molecule has 0 aliphatic carbocycles. The van der Waals surface area contributed by atoms with Crippen LogP contribution in [0.5, 0.6) is 0 Å². The molecular formula is C24H28N4O. The zero-order valence-corrected chi connectivity index (χ0v) is 17.1. The monoisotopic (exact) mass is 388 g/mol. The number of hydrogen-bond donors (Lipinski definition) is 1. The van der Waals surface area contributed by atoms with Crippen LogP contribution in [0.3, 0.4) is 0 Å². The highest BCUT2D eigenvalue weighted by Gasteiger charge is 2.35. The van der Waals surface area contributed by atoms with E-state index >= 15 is 0 Å². The summed E-state index contributed by atoms with van der Waals surface area (Å²) >= 11 is 0. The van der Waals surface area contributed by atoms with Gasteiger partial charge in [0.25, 0.3) is 0 Å². The van der Waals surface area contributed by atoms with Gasteiger partial charge in [0.15, 0.2) is 0 Å². The minimum atomic E-state index is 0.153. The van der Waals surface area contributed by atoms with Crippen LogP contribution in [0.1, 0.15) is 28.4 Å². The second kappa shape index (κ2) is 8.21. The van der Waals surface area contributed by atoms with Crippen LogP contribution in [0.4, 0.5) is 0 Å². The van der Waals surface area contributed by atoms with Crippen molar-refractivity contribution in [3.05, 3.63) is 83.2 Å². The fraction of sp³-hybridized carbons (Fsp3) is 0.333. The molecule has 1 aromatic heterocycles. The van der Waals surface area contributed by atoms with Crippen molar-refractivity contribution >= 4 is 5.91 Å². The van der Waals surface area contributed by atoms with E-state index in [4.69, 9.17) is 5.73 Å². The molecule has 0 spiro atoms. The fourth-order valence-electron chi connectivity index (χ4n) is 4.41. The lowest BCUT2D eigenvalue weighted by Crippen LogP contribution is -2.31. The van der Waals surface area contributed by atoms with Gasteiger partial charge in [-0.1, -0.05) is 48.5 Å². The number of nitrogens with zero attached hydrogens (tertiary/aromatic N) is 3. The maximum Gasteiger partial charge on any atom is 0.227 e. The third kappa shape index (κ3) is 3.83. The summed E-state index contributed by atoms with van der Waals surface area (Å²) in [6.45, 7) is 6.06. The summed E-state index contributed by atoms with van der Waals surface area (Å²) in [6, 6.07) is 20.5. The Morgan fingerprint density at radius 2 is 1.69 bits per heavy atom. The van der Waals surface area contributed by atoms with Crippen LogP contribution in [-0.4, -0.2) is 40.2 Å². The molecule has 5 nitrogen and oxygen atoms in total. The standard InChI is InChI=1S/C24H28N4O/c1-17-22(18(2)28(26-17)21-11-7-4-8-12-21)13-24(29)27-15-20(14-25)23(16-27)19-9-5-3-6-10-19/h3-12,20,23H,13-16,25H2,1-2H3/t20-,23+/m1/s1. The lowest BCUT2D eigenvalue weighted by atomic mass is 9.89. The predicted molar refractivity (Wildman–Crippen MR) is 115 cm³/mol. The molecule has 29 heavy (non-hydrogen) atoms. The first-order valence-corrected chi connectivity index (χ1v) is 10.2. The molecule has 150 valence electrons. The average molecular weight is 389 g/mol. The van der Waals surface area contributed by atoms with Gasteiger partial charge in [0.2, 0.25) is 5.91 Å². The molecule has 1 fully saturated rings. The Morgan fingerprint density at radius 1 is 1.03 bits per heavy atom. The maximum absolute atomic E-state index is 13.2. The van der Waals surface area contributed by atoms with E-state index in [0.717, 1.165) is 35.7 Å². The first-order valence-electron chi connectivity index (χ1n) is 10.2. The number of benzene rings is 2. The van der Waals surface area contributed by atoms with Crippen molar-refractivity contribution in [1.29, 1.82) is 0 Å². The second-order valence-electron chi connectivity index (χ2n) is 7.89. The highest BCUT2D eigenvalue weighted by molar-refractivity contribution is 5.80. The van der Waals surface area contributed by atoms with Gasteiger partial charge < -0.3 is 10.6 Å². The number of aryl methyl sites for hydroxylation is 1. The number of para-hydroxylation sites is 1. The molecule has 0 unspecified atom stereocenters. The van der Waals surface area contributed by atoms with Gasteiger partial charge in [-0.15, -0.1) is 0 Å². The van der Waals surface area contributed by atoms with E-state index in [2.05, 4.69) is 29.4 Å². The van der Waals surface area contributed by atoms with Crippen molar-refractivity contribution < 1.29 is 4.79 Å². The van der Waals surface area contributed by atoms with Crippen molar-refractivity contribution in [3.63, 3.8) is 0 Å². The molecule has 2 N–H and O–H groups in total. The van der Waals surface area contributed by atoms with E-state index < -0.39 is 0 Å². The number of rotatable bonds is 5.